The van der Waals surface area contributed by atoms with Crippen LogP contribution in [0, 0.1) is 6.92 Å². The van der Waals surface area contributed by atoms with Crippen molar-refractivity contribution in [3.05, 3.63) is 58.0 Å². The van der Waals surface area contributed by atoms with E-state index in [9.17, 15) is 4.79 Å². The average Bonchev–Trinajstić information content (AvgIpc) is 3.35. The number of amidine groups is 1. The van der Waals surface area contributed by atoms with E-state index in [1.165, 1.54) is 36.6 Å². The van der Waals surface area contributed by atoms with Crippen molar-refractivity contribution in [1.82, 2.24) is 4.90 Å². The van der Waals surface area contributed by atoms with E-state index in [1.54, 1.807) is 18.9 Å². The Kier molecular flexibility index (Phi) is 6.43. The molecule has 5 rings (SSSR count). The van der Waals surface area contributed by atoms with Crippen molar-refractivity contribution < 1.29 is 9.53 Å². The lowest BCUT2D eigenvalue weighted by Crippen LogP contribution is -2.40. The molecule has 1 saturated carbocycles. The van der Waals surface area contributed by atoms with Gasteiger partial charge in [-0.15, -0.1) is 0 Å². The highest BCUT2D eigenvalue weighted by atomic mass is 32.2. The van der Waals surface area contributed by atoms with Crippen LogP contribution in [0.5, 0.6) is 5.75 Å². The topological polar surface area (TPSA) is 45.1 Å². The van der Waals surface area contributed by atoms with Gasteiger partial charge in [0, 0.05) is 23.5 Å². The van der Waals surface area contributed by atoms with Crippen LogP contribution in [0.1, 0.15) is 44.6 Å². The highest BCUT2D eigenvalue weighted by Gasteiger charge is 2.43. The molecular formula is C26H29N3O2S2. The van der Waals surface area contributed by atoms with Gasteiger partial charge in [0.2, 0.25) is 0 Å². The van der Waals surface area contributed by atoms with Crippen LogP contribution in [0.4, 0.5) is 11.4 Å². The minimum atomic E-state index is 0.0963. The minimum absolute atomic E-state index is 0.0963. The molecule has 1 aliphatic carbocycles. The maximum absolute atomic E-state index is 13.9. The fourth-order valence-corrected chi connectivity index (χ4v) is 7.17. The van der Waals surface area contributed by atoms with Gasteiger partial charge in [-0.2, -0.15) is 0 Å². The summed E-state index contributed by atoms with van der Waals surface area (Å²) in [6.45, 7) is 4.98. The molecule has 2 aromatic carbocycles. The fraction of sp³-hybridized carbons (Fsp3) is 0.385. The van der Waals surface area contributed by atoms with E-state index in [2.05, 4.69) is 43.0 Å². The van der Waals surface area contributed by atoms with Gasteiger partial charge in [0.1, 0.15) is 15.7 Å². The number of benzene rings is 2. The molecule has 1 amide bonds. The molecule has 0 atom stereocenters. The fourth-order valence-electron chi connectivity index (χ4n) is 4.73. The second-order valence-corrected chi connectivity index (χ2v) is 10.6. The second-order valence-electron chi connectivity index (χ2n) is 8.62. The molecule has 0 bridgehead atoms. The Bertz CT molecular complexity index is 1140. The quantitative estimate of drug-likeness (QED) is 0.457. The first-order valence-electron chi connectivity index (χ1n) is 11.6. The standard InChI is InChI=1S/C26H29N3O2S2/c1-4-28-21-16-20(31-3)13-14-22(21)32-25(28)23-24(30)29(19-11-6-5-7-12-19)26(33-23)27-18-10-8-9-17(2)15-18/h8-10,13-16,19H,4-7,11-12H2,1-3H3/b25-23-,27-26?. The summed E-state index contributed by atoms with van der Waals surface area (Å²) in [6, 6.07) is 14.5. The second kappa shape index (κ2) is 9.47. The van der Waals surface area contributed by atoms with Crippen molar-refractivity contribution in [2.75, 3.05) is 18.6 Å². The highest BCUT2D eigenvalue weighted by molar-refractivity contribution is 8.19. The van der Waals surface area contributed by atoms with Crippen LogP contribution in [0.2, 0.25) is 0 Å². The first kappa shape index (κ1) is 22.4. The zero-order valence-electron chi connectivity index (χ0n) is 19.3. The van der Waals surface area contributed by atoms with Crippen molar-refractivity contribution in [3.8, 4) is 5.75 Å². The number of nitrogens with zero attached hydrogens (tertiary/aromatic N) is 3. The molecule has 0 unspecified atom stereocenters. The number of rotatable bonds is 4. The first-order valence-corrected chi connectivity index (χ1v) is 13.3. The molecule has 0 N–H and O–H groups in total. The summed E-state index contributed by atoms with van der Waals surface area (Å²) in [6.07, 6.45) is 5.68. The Morgan fingerprint density at radius 2 is 1.91 bits per heavy atom. The van der Waals surface area contributed by atoms with Crippen molar-refractivity contribution in [2.24, 2.45) is 4.99 Å². The minimum Gasteiger partial charge on any atom is -0.497 e. The van der Waals surface area contributed by atoms with Gasteiger partial charge >= 0.3 is 0 Å². The average molecular weight is 480 g/mol. The predicted molar refractivity (Wildman–Crippen MR) is 138 cm³/mol. The van der Waals surface area contributed by atoms with Crippen LogP contribution in [0.3, 0.4) is 0 Å². The van der Waals surface area contributed by atoms with Crippen molar-refractivity contribution >= 4 is 46.0 Å². The molecule has 7 heteroatoms. The lowest BCUT2D eigenvalue weighted by atomic mass is 9.94. The number of hydrogen-bond acceptors (Lipinski definition) is 6. The summed E-state index contributed by atoms with van der Waals surface area (Å²) < 4.78 is 5.45. The number of amides is 1. The number of fused-ring (bicyclic) bond motifs is 1. The van der Waals surface area contributed by atoms with Gasteiger partial charge < -0.3 is 9.64 Å². The summed E-state index contributed by atoms with van der Waals surface area (Å²) >= 11 is 3.21. The van der Waals surface area contributed by atoms with Gasteiger partial charge in [0.05, 0.1) is 18.5 Å². The van der Waals surface area contributed by atoms with Crippen LogP contribution < -0.4 is 9.64 Å². The van der Waals surface area contributed by atoms with E-state index in [-0.39, 0.29) is 11.9 Å². The largest absolute Gasteiger partial charge is 0.497 e. The molecule has 0 spiro atoms. The number of aryl methyl sites for hydroxylation is 1. The van der Waals surface area contributed by atoms with Gasteiger partial charge in [-0.1, -0.05) is 43.2 Å². The third-order valence-corrected chi connectivity index (χ3v) is 8.75. The number of anilines is 1. The number of thioether (sulfide) groups is 2. The molecular weight excluding hydrogens is 450 g/mol. The maximum atomic E-state index is 13.9. The van der Waals surface area contributed by atoms with Gasteiger partial charge in [-0.05, 0) is 68.3 Å². The Balaban J connectivity index is 1.57. The monoisotopic (exact) mass is 479 g/mol. The van der Waals surface area contributed by atoms with Crippen LogP contribution in [0.15, 0.2) is 62.3 Å². The lowest BCUT2D eigenvalue weighted by molar-refractivity contribution is -0.124. The summed E-state index contributed by atoms with van der Waals surface area (Å²) in [4.78, 5) is 25.0. The van der Waals surface area contributed by atoms with Gasteiger partial charge in [-0.25, -0.2) is 4.99 Å². The van der Waals surface area contributed by atoms with Crippen LogP contribution in [-0.4, -0.2) is 35.7 Å². The summed E-state index contributed by atoms with van der Waals surface area (Å²) in [5, 5.41) is 1.82. The van der Waals surface area contributed by atoms with E-state index in [4.69, 9.17) is 9.73 Å². The Morgan fingerprint density at radius 1 is 1.09 bits per heavy atom. The Hall–Kier alpha value is -2.38. The van der Waals surface area contributed by atoms with Crippen LogP contribution >= 0.6 is 23.5 Å². The molecule has 0 aromatic heterocycles. The molecule has 3 aliphatic rings. The smallest absolute Gasteiger partial charge is 0.269 e. The number of carbonyl (C=O) groups is 1. The number of methoxy groups -OCH3 is 1. The van der Waals surface area contributed by atoms with Crippen LogP contribution in [-0.2, 0) is 4.79 Å². The summed E-state index contributed by atoms with van der Waals surface area (Å²) in [7, 11) is 1.69. The molecule has 2 heterocycles. The predicted octanol–water partition coefficient (Wildman–Crippen LogP) is 6.70. The lowest BCUT2D eigenvalue weighted by Gasteiger charge is -2.30. The van der Waals surface area contributed by atoms with Crippen LogP contribution in [0.25, 0.3) is 0 Å². The molecule has 2 fully saturated rings. The number of hydrogen-bond donors (Lipinski definition) is 0. The molecule has 1 saturated heterocycles. The molecule has 33 heavy (non-hydrogen) atoms. The number of ether oxygens (including phenoxy) is 1. The SMILES string of the molecule is CCN1/C(=C2/SC(=Nc3cccc(C)c3)N(C3CCCCC3)C2=O)Sc2ccc(OC)cc21. The Morgan fingerprint density at radius 3 is 2.64 bits per heavy atom. The van der Waals surface area contributed by atoms with E-state index >= 15 is 0 Å². The third-order valence-electron chi connectivity index (χ3n) is 6.40. The summed E-state index contributed by atoms with van der Waals surface area (Å²) in [5.41, 5.74) is 3.17. The maximum Gasteiger partial charge on any atom is 0.269 e. The Labute approximate surface area is 204 Å². The van der Waals surface area contributed by atoms with E-state index in [0.29, 0.717) is 0 Å². The molecule has 2 aromatic rings. The first-order chi connectivity index (χ1) is 16.1. The number of aliphatic imine (C=N–C) groups is 1. The zero-order valence-corrected chi connectivity index (χ0v) is 21.0. The van der Waals surface area contributed by atoms with Crippen molar-refractivity contribution in [2.45, 2.75) is 56.9 Å². The summed E-state index contributed by atoms with van der Waals surface area (Å²) in [5.74, 6) is 0.925. The van der Waals surface area contributed by atoms with Crippen molar-refractivity contribution in [3.63, 3.8) is 0 Å². The molecule has 5 nitrogen and oxygen atoms in total. The zero-order chi connectivity index (χ0) is 22.9. The molecule has 0 radical (unpaired) electrons. The van der Waals surface area contributed by atoms with Gasteiger partial charge in [0.15, 0.2) is 5.17 Å². The van der Waals surface area contributed by atoms with E-state index < -0.39 is 0 Å². The van der Waals surface area contributed by atoms with E-state index in [0.717, 1.165) is 56.5 Å². The van der Waals surface area contributed by atoms with Crippen molar-refractivity contribution in [1.29, 1.82) is 0 Å². The van der Waals surface area contributed by atoms with Gasteiger partial charge in [0.25, 0.3) is 5.91 Å². The highest BCUT2D eigenvalue weighted by Crippen LogP contribution is 2.52. The molecule has 172 valence electrons. The van der Waals surface area contributed by atoms with Gasteiger partial charge in [-0.3, -0.25) is 9.69 Å². The normalized spacial score (nSPS) is 22.4. The third kappa shape index (κ3) is 4.28. The van der Waals surface area contributed by atoms with E-state index in [1.807, 2.05) is 23.1 Å². The molecule has 2 aliphatic heterocycles. The number of carbonyl (C=O) groups excluding carboxylic acids is 1.